The highest BCUT2D eigenvalue weighted by Gasteiger charge is 2.03. The summed E-state index contributed by atoms with van der Waals surface area (Å²) in [4.78, 5) is 16.8. The molecule has 0 aliphatic heterocycles. The molecule has 148 valence electrons. The number of halogens is 2. The van der Waals surface area contributed by atoms with E-state index in [1.165, 1.54) is 12.3 Å². The maximum atomic E-state index is 13.6. The third-order valence-corrected chi connectivity index (χ3v) is 4.08. The standard InChI is InChI=1S/C22H18ClFN2O3/c23-18-7-9-19(10-8-18)26-22(27)15-29-25-13-16-5-11-20(12-6-16)28-14-17-3-1-2-4-21(17)24/h1-13H,14-15H2,(H,26,27)/b25-13+. The molecule has 0 heterocycles. The number of ether oxygens (including phenoxy) is 1. The lowest BCUT2D eigenvalue weighted by Gasteiger charge is -2.07. The molecule has 0 spiro atoms. The van der Waals surface area contributed by atoms with Crippen LogP contribution in [0, 0.1) is 5.82 Å². The Morgan fingerprint density at radius 1 is 1.03 bits per heavy atom. The fourth-order valence-corrected chi connectivity index (χ4v) is 2.48. The van der Waals surface area contributed by atoms with E-state index < -0.39 is 0 Å². The maximum Gasteiger partial charge on any atom is 0.265 e. The number of carbonyl (C=O) groups excluding carboxylic acids is 1. The number of hydrogen-bond acceptors (Lipinski definition) is 4. The molecule has 5 nitrogen and oxygen atoms in total. The van der Waals surface area contributed by atoms with E-state index in [9.17, 15) is 9.18 Å². The Kier molecular flexibility index (Phi) is 7.19. The molecular weight excluding hydrogens is 395 g/mol. The molecule has 1 N–H and O–H groups in total. The smallest absolute Gasteiger partial charge is 0.265 e. The second-order valence-corrected chi connectivity index (χ2v) is 6.45. The second-order valence-electron chi connectivity index (χ2n) is 6.01. The molecule has 3 rings (SSSR count). The van der Waals surface area contributed by atoms with E-state index in [1.807, 2.05) is 0 Å². The van der Waals surface area contributed by atoms with E-state index in [0.717, 1.165) is 5.56 Å². The first-order valence-electron chi connectivity index (χ1n) is 8.77. The van der Waals surface area contributed by atoms with Crippen molar-refractivity contribution >= 4 is 29.4 Å². The molecule has 0 aromatic heterocycles. The maximum absolute atomic E-state index is 13.6. The van der Waals surface area contributed by atoms with Gasteiger partial charge >= 0.3 is 0 Å². The van der Waals surface area contributed by atoms with Gasteiger partial charge in [0.2, 0.25) is 0 Å². The van der Waals surface area contributed by atoms with Crippen LogP contribution in [-0.4, -0.2) is 18.7 Å². The fraction of sp³-hybridized carbons (Fsp3) is 0.0909. The van der Waals surface area contributed by atoms with Crippen LogP contribution in [0.3, 0.4) is 0 Å². The number of oxime groups is 1. The van der Waals surface area contributed by atoms with Gasteiger partial charge in [0.15, 0.2) is 6.61 Å². The number of nitrogens with zero attached hydrogens (tertiary/aromatic N) is 1. The molecule has 0 fully saturated rings. The lowest BCUT2D eigenvalue weighted by Crippen LogP contribution is -2.16. The Hall–Kier alpha value is -3.38. The highest BCUT2D eigenvalue weighted by atomic mass is 35.5. The number of anilines is 1. The van der Waals surface area contributed by atoms with Crippen LogP contribution in [0.2, 0.25) is 5.02 Å². The highest BCUT2D eigenvalue weighted by molar-refractivity contribution is 6.30. The van der Waals surface area contributed by atoms with Gasteiger partial charge in [-0.05, 0) is 60.2 Å². The molecule has 3 aromatic rings. The van der Waals surface area contributed by atoms with Gasteiger partial charge in [0.25, 0.3) is 5.91 Å². The fourth-order valence-electron chi connectivity index (χ4n) is 2.35. The van der Waals surface area contributed by atoms with Gasteiger partial charge in [-0.25, -0.2) is 4.39 Å². The van der Waals surface area contributed by atoms with Crippen molar-refractivity contribution in [2.24, 2.45) is 5.16 Å². The minimum atomic E-state index is -0.332. The first kappa shape index (κ1) is 20.4. The van der Waals surface area contributed by atoms with E-state index in [-0.39, 0.29) is 24.9 Å². The quantitative estimate of drug-likeness (QED) is 0.416. The molecule has 0 saturated heterocycles. The van der Waals surface area contributed by atoms with E-state index in [1.54, 1.807) is 66.7 Å². The number of rotatable bonds is 8. The monoisotopic (exact) mass is 412 g/mol. The number of nitrogens with one attached hydrogen (secondary N) is 1. The van der Waals surface area contributed by atoms with Crippen LogP contribution < -0.4 is 10.1 Å². The molecule has 0 atom stereocenters. The first-order valence-corrected chi connectivity index (χ1v) is 9.15. The third-order valence-electron chi connectivity index (χ3n) is 3.83. The van der Waals surface area contributed by atoms with Crippen molar-refractivity contribution in [1.29, 1.82) is 0 Å². The summed E-state index contributed by atoms with van der Waals surface area (Å²) in [7, 11) is 0. The average Bonchev–Trinajstić information content (AvgIpc) is 2.73. The summed E-state index contributed by atoms with van der Waals surface area (Å²) in [5, 5.41) is 7.03. The molecule has 0 radical (unpaired) electrons. The zero-order valence-electron chi connectivity index (χ0n) is 15.3. The zero-order chi connectivity index (χ0) is 20.5. The van der Waals surface area contributed by atoms with Gasteiger partial charge < -0.3 is 14.9 Å². The number of amides is 1. The predicted molar refractivity (Wildman–Crippen MR) is 111 cm³/mol. The van der Waals surface area contributed by atoms with Gasteiger partial charge in [-0.1, -0.05) is 35.0 Å². The SMILES string of the molecule is O=C(CO/N=C/c1ccc(OCc2ccccc2F)cc1)Nc1ccc(Cl)cc1. The minimum absolute atomic E-state index is 0.145. The van der Waals surface area contributed by atoms with E-state index in [4.69, 9.17) is 21.2 Å². The Labute approximate surface area is 172 Å². The molecule has 1 amide bonds. The lowest BCUT2D eigenvalue weighted by molar-refractivity contribution is -0.120. The summed E-state index contributed by atoms with van der Waals surface area (Å²) in [5.41, 5.74) is 1.88. The highest BCUT2D eigenvalue weighted by Crippen LogP contribution is 2.15. The average molecular weight is 413 g/mol. The van der Waals surface area contributed by atoms with Gasteiger partial charge in [0.1, 0.15) is 18.2 Å². The van der Waals surface area contributed by atoms with Crippen LogP contribution >= 0.6 is 11.6 Å². The molecule has 0 bridgehead atoms. The van der Waals surface area contributed by atoms with Gasteiger partial charge in [0.05, 0.1) is 6.21 Å². The van der Waals surface area contributed by atoms with Crippen molar-refractivity contribution in [2.75, 3.05) is 11.9 Å². The molecule has 7 heteroatoms. The Morgan fingerprint density at radius 2 is 1.76 bits per heavy atom. The van der Waals surface area contributed by atoms with E-state index in [2.05, 4.69) is 10.5 Å². The van der Waals surface area contributed by atoms with Crippen LogP contribution in [0.5, 0.6) is 5.75 Å². The number of hydrogen-bond donors (Lipinski definition) is 1. The predicted octanol–water partition coefficient (Wildman–Crippen LogP) is 5.05. The molecule has 0 saturated carbocycles. The van der Waals surface area contributed by atoms with Crippen LogP contribution in [0.4, 0.5) is 10.1 Å². The lowest BCUT2D eigenvalue weighted by atomic mass is 10.2. The summed E-state index contributed by atoms with van der Waals surface area (Å²) >= 11 is 5.79. The summed E-state index contributed by atoms with van der Waals surface area (Å²) in [5.74, 6) is -0.0245. The largest absolute Gasteiger partial charge is 0.489 e. The van der Waals surface area contributed by atoms with Crippen molar-refractivity contribution in [3.63, 3.8) is 0 Å². The minimum Gasteiger partial charge on any atom is -0.489 e. The molecule has 0 aliphatic carbocycles. The topological polar surface area (TPSA) is 59.9 Å². The van der Waals surface area contributed by atoms with Crippen LogP contribution in [-0.2, 0) is 16.2 Å². The summed E-state index contributed by atoms with van der Waals surface area (Å²) in [6, 6.07) is 20.3. The van der Waals surface area contributed by atoms with Crippen molar-refractivity contribution in [2.45, 2.75) is 6.61 Å². The number of benzene rings is 3. The van der Waals surface area contributed by atoms with Crippen LogP contribution in [0.15, 0.2) is 78.0 Å². The second kappa shape index (κ2) is 10.2. The van der Waals surface area contributed by atoms with Crippen molar-refractivity contribution in [3.8, 4) is 5.75 Å². The van der Waals surface area contributed by atoms with Crippen LogP contribution in [0.1, 0.15) is 11.1 Å². The van der Waals surface area contributed by atoms with Gasteiger partial charge in [0, 0.05) is 16.3 Å². The molecule has 29 heavy (non-hydrogen) atoms. The van der Waals surface area contributed by atoms with Gasteiger partial charge in [-0.2, -0.15) is 0 Å². The third kappa shape index (κ3) is 6.62. The van der Waals surface area contributed by atoms with E-state index in [0.29, 0.717) is 22.0 Å². The van der Waals surface area contributed by atoms with E-state index >= 15 is 0 Å². The van der Waals surface area contributed by atoms with Gasteiger partial charge in [-0.15, -0.1) is 0 Å². The van der Waals surface area contributed by atoms with Crippen molar-refractivity contribution in [1.82, 2.24) is 0 Å². The van der Waals surface area contributed by atoms with Crippen molar-refractivity contribution < 1.29 is 18.8 Å². The molecule has 0 unspecified atom stereocenters. The number of carbonyl (C=O) groups is 1. The molecule has 3 aromatic carbocycles. The summed E-state index contributed by atoms with van der Waals surface area (Å²) < 4.78 is 19.2. The van der Waals surface area contributed by atoms with Crippen molar-refractivity contribution in [3.05, 3.63) is 94.8 Å². The molecular formula is C22H18ClFN2O3. The van der Waals surface area contributed by atoms with Crippen LogP contribution in [0.25, 0.3) is 0 Å². The van der Waals surface area contributed by atoms with Gasteiger partial charge in [-0.3, -0.25) is 4.79 Å². The Bertz CT molecular complexity index is 976. The summed E-state index contributed by atoms with van der Waals surface area (Å²) in [6.45, 7) is -0.0745. The molecule has 0 aliphatic rings. The first-order chi connectivity index (χ1) is 14.1. The zero-order valence-corrected chi connectivity index (χ0v) is 16.1. The summed E-state index contributed by atoms with van der Waals surface area (Å²) in [6.07, 6.45) is 1.48. The Morgan fingerprint density at radius 3 is 2.48 bits per heavy atom. The Balaban J connectivity index is 1.42. The normalized spacial score (nSPS) is 10.7.